The smallest absolute Gasteiger partial charge is 0.259 e. The van der Waals surface area contributed by atoms with Gasteiger partial charge in [0.05, 0.1) is 5.56 Å². The van der Waals surface area contributed by atoms with Crippen LogP contribution in [0.4, 0.5) is 10.1 Å². The van der Waals surface area contributed by atoms with Crippen molar-refractivity contribution in [2.24, 2.45) is 0 Å². The van der Waals surface area contributed by atoms with Gasteiger partial charge in [0.25, 0.3) is 5.91 Å². The largest absolute Gasteiger partial charge is 0.308 e. The second-order valence-electron chi connectivity index (χ2n) is 4.57. The first-order chi connectivity index (χ1) is 10.2. The number of unbranched alkanes of at least 4 members (excludes halogenated alkanes) is 1. The van der Waals surface area contributed by atoms with E-state index in [1.54, 1.807) is 35.4 Å². The molecule has 110 valence electrons. The van der Waals surface area contributed by atoms with Gasteiger partial charge < -0.3 is 4.90 Å². The number of hydrogen-bond donors (Lipinski definition) is 0. The molecule has 0 aliphatic heterocycles. The number of rotatable bonds is 6. The monoisotopic (exact) mass is 306 g/mol. The number of benzene rings is 1. The lowest BCUT2D eigenvalue weighted by Gasteiger charge is -2.22. The third-order valence-corrected chi connectivity index (χ3v) is 3.32. The van der Waals surface area contributed by atoms with E-state index in [1.165, 1.54) is 18.3 Å². The van der Waals surface area contributed by atoms with E-state index >= 15 is 0 Å². The summed E-state index contributed by atoms with van der Waals surface area (Å²) < 4.78 is 13.0. The van der Waals surface area contributed by atoms with Gasteiger partial charge in [-0.1, -0.05) is 0 Å². The van der Waals surface area contributed by atoms with E-state index in [4.69, 9.17) is 11.6 Å². The molecule has 3 nitrogen and oxygen atoms in total. The number of carbonyl (C=O) groups excluding carboxylic acids is 1. The van der Waals surface area contributed by atoms with Gasteiger partial charge in [0, 0.05) is 30.5 Å². The molecule has 0 spiro atoms. The molecule has 0 atom stereocenters. The molecule has 1 aromatic carbocycles. The van der Waals surface area contributed by atoms with Gasteiger partial charge in [0.2, 0.25) is 0 Å². The van der Waals surface area contributed by atoms with E-state index in [-0.39, 0.29) is 11.7 Å². The lowest BCUT2D eigenvalue weighted by Crippen LogP contribution is -2.32. The molecule has 0 aliphatic rings. The molecule has 5 heteroatoms. The summed E-state index contributed by atoms with van der Waals surface area (Å²) in [5, 5.41) is 0. The highest BCUT2D eigenvalue weighted by atomic mass is 35.5. The summed E-state index contributed by atoms with van der Waals surface area (Å²) in [4.78, 5) is 18.2. The Morgan fingerprint density at radius 1 is 1.19 bits per heavy atom. The van der Waals surface area contributed by atoms with Gasteiger partial charge in [-0.25, -0.2) is 4.39 Å². The van der Waals surface area contributed by atoms with Crippen LogP contribution >= 0.6 is 11.6 Å². The number of hydrogen-bond acceptors (Lipinski definition) is 2. The molecule has 0 aliphatic carbocycles. The summed E-state index contributed by atoms with van der Waals surface area (Å²) in [6.07, 6.45) is 4.75. The maximum Gasteiger partial charge on any atom is 0.259 e. The van der Waals surface area contributed by atoms with E-state index < -0.39 is 0 Å². The summed E-state index contributed by atoms with van der Waals surface area (Å²) in [6, 6.07) is 9.33. The first kappa shape index (κ1) is 15.4. The average molecular weight is 307 g/mol. The van der Waals surface area contributed by atoms with Crippen LogP contribution in [0.5, 0.6) is 0 Å². The molecule has 1 heterocycles. The Bertz CT molecular complexity index is 575. The van der Waals surface area contributed by atoms with Crippen LogP contribution in [0, 0.1) is 5.82 Å². The van der Waals surface area contributed by atoms with Crippen molar-refractivity contribution < 1.29 is 9.18 Å². The molecule has 0 saturated carbocycles. The predicted molar refractivity (Wildman–Crippen MR) is 82.3 cm³/mol. The van der Waals surface area contributed by atoms with Crippen LogP contribution in [-0.4, -0.2) is 23.3 Å². The molecule has 1 aromatic heterocycles. The van der Waals surface area contributed by atoms with E-state index in [0.29, 0.717) is 23.7 Å². The first-order valence-corrected chi connectivity index (χ1v) is 7.29. The van der Waals surface area contributed by atoms with Crippen molar-refractivity contribution in [2.75, 3.05) is 17.3 Å². The van der Waals surface area contributed by atoms with Gasteiger partial charge in [0.1, 0.15) is 5.82 Å². The fraction of sp³-hybridized carbons (Fsp3) is 0.250. The number of carbonyl (C=O) groups is 1. The number of halogens is 2. The summed E-state index contributed by atoms with van der Waals surface area (Å²) in [6.45, 7) is 0.534. The topological polar surface area (TPSA) is 33.2 Å². The zero-order chi connectivity index (χ0) is 15.1. The minimum atomic E-state index is -0.326. The van der Waals surface area contributed by atoms with E-state index in [2.05, 4.69) is 4.98 Å². The Balaban J connectivity index is 2.23. The maximum atomic E-state index is 13.0. The van der Waals surface area contributed by atoms with Gasteiger partial charge in [-0.2, -0.15) is 0 Å². The van der Waals surface area contributed by atoms with Crippen molar-refractivity contribution in [3.05, 3.63) is 60.2 Å². The average Bonchev–Trinajstić information content (AvgIpc) is 2.53. The van der Waals surface area contributed by atoms with Crippen molar-refractivity contribution in [1.82, 2.24) is 4.98 Å². The Hall–Kier alpha value is -1.94. The molecule has 0 radical (unpaired) electrons. The first-order valence-electron chi connectivity index (χ1n) is 6.76. The summed E-state index contributed by atoms with van der Waals surface area (Å²) in [5.41, 5.74) is 1.17. The standard InChI is InChI=1S/C16H16ClFN2O/c17-9-1-2-11-20(15-7-5-14(18)6-8-15)16(21)13-4-3-10-19-12-13/h3-8,10,12H,1-2,9,11H2. The molecule has 0 N–H and O–H groups in total. The third-order valence-electron chi connectivity index (χ3n) is 3.06. The quantitative estimate of drug-likeness (QED) is 0.599. The maximum absolute atomic E-state index is 13.0. The van der Waals surface area contributed by atoms with E-state index in [0.717, 1.165) is 12.8 Å². The van der Waals surface area contributed by atoms with Crippen molar-refractivity contribution in [3.8, 4) is 0 Å². The zero-order valence-electron chi connectivity index (χ0n) is 11.5. The zero-order valence-corrected chi connectivity index (χ0v) is 12.3. The van der Waals surface area contributed by atoms with Crippen molar-refractivity contribution in [3.63, 3.8) is 0 Å². The van der Waals surface area contributed by atoms with Crippen LogP contribution in [0.15, 0.2) is 48.8 Å². The molecule has 2 aromatic rings. The van der Waals surface area contributed by atoms with Crippen LogP contribution in [0.25, 0.3) is 0 Å². The van der Waals surface area contributed by atoms with Gasteiger partial charge in [-0.05, 0) is 49.2 Å². The fourth-order valence-corrected chi connectivity index (χ4v) is 2.17. The number of aromatic nitrogens is 1. The molecule has 0 bridgehead atoms. The molecule has 0 unspecified atom stereocenters. The van der Waals surface area contributed by atoms with Crippen LogP contribution in [0.2, 0.25) is 0 Å². The SMILES string of the molecule is O=C(c1cccnc1)N(CCCCCl)c1ccc(F)cc1. The number of alkyl halides is 1. The molecular weight excluding hydrogens is 291 g/mol. The van der Waals surface area contributed by atoms with Gasteiger partial charge in [0.15, 0.2) is 0 Å². The Morgan fingerprint density at radius 3 is 2.57 bits per heavy atom. The summed E-state index contributed by atoms with van der Waals surface area (Å²) >= 11 is 5.69. The van der Waals surface area contributed by atoms with Gasteiger partial charge in [-0.15, -0.1) is 11.6 Å². The highest BCUT2D eigenvalue weighted by Gasteiger charge is 2.17. The highest BCUT2D eigenvalue weighted by Crippen LogP contribution is 2.18. The number of nitrogens with zero attached hydrogens (tertiary/aromatic N) is 2. The molecule has 0 fully saturated rings. The van der Waals surface area contributed by atoms with Crippen molar-refractivity contribution in [1.29, 1.82) is 0 Å². The van der Waals surface area contributed by atoms with Crippen molar-refractivity contribution in [2.45, 2.75) is 12.8 Å². The second-order valence-corrected chi connectivity index (χ2v) is 4.95. The predicted octanol–water partition coefficient (Wildman–Crippen LogP) is 3.89. The minimum absolute atomic E-state index is 0.149. The Kier molecular flexibility index (Phi) is 5.69. The third kappa shape index (κ3) is 4.26. The van der Waals surface area contributed by atoms with Crippen LogP contribution in [0.1, 0.15) is 23.2 Å². The normalized spacial score (nSPS) is 10.4. The lowest BCUT2D eigenvalue weighted by molar-refractivity contribution is 0.0986. The van der Waals surface area contributed by atoms with Crippen molar-refractivity contribution >= 4 is 23.2 Å². The molecular formula is C16H16ClFN2O. The minimum Gasteiger partial charge on any atom is -0.308 e. The van der Waals surface area contributed by atoms with Gasteiger partial charge >= 0.3 is 0 Å². The molecule has 21 heavy (non-hydrogen) atoms. The van der Waals surface area contributed by atoms with E-state index in [9.17, 15) is 9.18 Å². The van der Waals surface area contributed by atoms with Crippen LogP contribution in [0.3, 0.4) is 0 Å². The van der Waals surface area contributed by atoms with E-state index in [1.807, 2.05) is 0 Å². The molecule has 1 amide bonds. The highest BCUT2D eigenvalue weighted by molar-refractivity contribution is 6.17. The lowest BCUT2D eigenvalue weighted by atomic mass is 10.2. The van der Waals surface area contributed by atoms with Crippen LogP contribution < -0.4 is 4.90 Å². The van der Waals surface area contributed by atoms with Crippen LogP contribution in [-0.2, 0) is 0 Å². The molecule has 0 saturated heterocycles. The Morgan fingerprint density at radius 2 is 1.95 bits per heavy atom. The summed E-state index contributed by atoms with van der Waals surface area (Å²) in [7, 11) is 0. The number of pyridine rings is 1. The number of amides is 1. The number of anilines is 1. The fourth-order valence-electron chi connectivity index (χ4n) is 1.98. The van der Waals surface area contributed by atoms with Gasteiger partial charge in [-0.3, -0.25) is 9.78 Å². The Labute approximate surface area is 128 Å². The molecule has 2 rings (SSSR count). The summed E-state index contributed by atoms with van der Waals surface area (Å²) in [5.74, 6) is 0.0794. The second kappa shape index (κ2) is 7.74.